The number of anilines is 1. The Hall–Kier alpha value is -1.96. The van der Waals surface area contributed by atoms with Gasteiger partial charge in [0.25, 0.3) is 5.91 Å². The number of aryl methyl sites for hydroxylation is 1. The largest absolute Gasteiger partial charge is 0.455 e. The Bertz CT molecular complexity index is 907. The van der Waals surface area contributed by atoms with Crippen LogP contribution in [0.15, 0.2) is 27.8 Å². The molecule has 0 radical (unpaired) electrons. The minimum absolute atomic E-state index is 0.157. The number of carbonyl (C=O) groups excluding carboxylic acids is 1. The lowest BCUT2D eigenvalue weighted by molar-refractivity contribution is 0.0994. The van der Waals surface area contributed by atoms with Crippen LogP contribution in [0.3, 0.4) is 0 Å². The van der Waals surface area contributed by atoms with Crippen molar-refractivity contribution in [2.24, 2.45) is 10.3 Å². The van der Waals surface area contributed by atoms with Gasteiger partial charge in [0, 0.05) is 22.7 Å². The molecular formula is C21H28ClN3O3S. The lowest BCUT2D eigenvalue weighted by atomic mass is 9.92. The first-order valence-corrected chi connectivity index (χ1v) is 10.5. The molecule has 1 aromatic heterocycles. The number of thiol groups is 1. The average molecular weight is 438 g/mol. The number of halogens is 1. The molecule has 0 saturated heterocycles. The summed E-state index contributed by atoms with van der Waals surface area (Å²) in [6.07, 6.45) is 2.24. The van der Waals surface area contributed by atoms with E-state index in [4.69, 9.17) is 16.0 Å². The Labute approximate surface area is 182 Å². The lowest BCUT2D eigenvalue weighted by Crippen LogP contribution is -2.15. The van der Waals surface area contributed by atoms with E-state index in [0.29, 0.717) is 28.5 Å². The van der Waals surface area contributed by atoms with Gasteiger partial charge in [0.05, 0.1) is 5.71 Å². The van der Waals surface area contributed by atoms with Gasteiger partial charge in [-0.05, 0) is 47.9 Å². The summed E-state index contributed by atoms with van der Waals surface area (Å²) in [5.74, 6) is 0.969. The molecule has 0 saturated carbocycles. The third-order valence-electron chi connectivity index (χ3n) is 4.94. The number of benzene rings is 1. The van der Waals surface area contributed by atoms with Crippen LogP contribution in [-0.4, -0.2) is 16.8 Å². The molecule has 6 nitrogen and oxygen atoms in total. The van der Waals surface area contributed by atoms with Crippen molar-refractivity contribution in [3.8, 4) is 0 Å². The second kappa shape index (κ2) is 10.2. The van der Waals surface area contributed by atoms with Crippen LogP contribution in [-0.2, 0) is 6.42 Å². The fourth-order valence-electron chi connectivity index (χ4n) is 3.60. The van der Waals surface area contributed by atoms with Gasteiger partial charge in [-0.2, -0.15) is 0 Å². The molecule has 1 aliphatic rings. The van der Waals surface area contributed by atoms with Crippen molar-refractivity contribution in [3.05, 3.63) is 51.4 Å². The topological polar surface area (TPSA) is 101 Å². The first-order valence-electron chi connectivity index (χ1n) is 9.57. The fraction of sp³-hybridized carbons (Fsp3) is 0.429. The van der Waals surface area contributed by atoms with E-state index in [0.717, 1.165) is 29.7 Å². The molecule has 8 heteroatoms. The van der Waals surface area contributed by atoms with E-state index in [1.165, 1.54) is 0 Å². The van der Waals surface area contributed by atoms with E-state index in [1.807, 2.05) is 12.1 Å². The number of carbonyl (C=O) groups is 1. The summed E-state index contributed by atoms with van der Waals surface area (Å²) < 4.78 is 5.77. The SMILES string of the molecule is CC(C)c1ccc(Cl)c(C(C)C)c1NC(=O)c1cc2c(o1)CCC/C2=N/O.NS. The van der Waals surface area contributed by atoms with Crippen molar-refractivity contribution in [2.75, 3.05) is 5.32 Å². The van der Waals surface area contributed by atoms with Gasteiger partial charge in [0.15, 0.2) is 5.76 Å². The number of rotatable bonds is 4. The van der Waals surface area contributed by atoms with Crippen molar-refractivity contribution < 1.29 is 14.4 Å². The predicted molar refractivity (Wildman–Crippen MR) is 121 cm³/mol. The molecule has 0 fully saturated rings. The highest BCUT2D eigenvalue weighted by Gasteiger charge is 2.25. The maximum Gasteiger partial charge on any atom is 0.291 e. The maximum absolute atomic E-state index is 12.9. The summed E-state index contributed by atoms with van der Waals surface area (Å²) in [5, 5.41) is 20.4. The molecule has 0 spiro atoms. The second-order valence-corrected chi connectivity index (χ2v) is 7.94. The number of nitrogens with zero attached hydrogens (tertiary/aromatic N) is 1. The Balaban J connectivity index is 0.00000145. The van der Waals surface area contributed by atoms with Crippen LogP contribution in [0.25, 0.3) is 0 Å². The Morgan fingerprint density at radius 3 is 2.52 bits per heavy atom. The van der Waals surface area contributed by atoms with Crippen LogP contribution in [0.5, 0.6) is 0 Å². The Morgan fingerprint density at radius 2 is 1.93 bits per heavy atom. The highest BCUT2D eigenvalue weighted by atomic mass is 35.5. The van der Waals surface area contributed by atoms with Crippen molar-refractivity contribution in [2.45, 2.75) is 58.8 Å². The van der Waals surface area contributed by atoms with E-state index in [9.17, 15) is 10.0 Å². The molecule has 0 atom stereocenters. The van der Waals surface area contributed by atoms with Gasteiger partial charge in [-0.3, -0.25) is 9.93 Å². The monoisotopic (exact) mass is 437 g/mol. The molecule has 1 aromatic carbocycles. The molecule has 1 amide bonds. The van der Waals surface area contributed by atoms with Crippen molar-refractivity contribution in [3.63, 3.8) is 0 Å². The smallest absolute Gasteiger partial charge is 0.291 e. The first kappa shape index (κ1) is 23.3. The number of oxime groups is 1. The molecule has 1 heterocycles. The molecule has 29 heavy (non-hydrogen) atoms. The summed E-state index contributed by atoms with van der Waals surface area (Å²) in [5.41, 5.74) is 3.99. The molecule has 0 aliphatic heterocycles. The summed E-state index contributed by atoms with van der Waals surface area (Å²) in [4.78, 5) is 12.9. The van der Waals surface area contributed by atoms with E-state index in [2.05, 4.69) is 56.1 Å². The van der Waals surface area contributed by atoms with Crippen LogP contribution in [0.2, 0.25) is 5.02 Å². The van der Waals surface area contributed by atoms with Gasteiger partial charge >= 0.3 is 0 Å². The van der Waals surface area contributed by atoms with E-state index in [1.54, 1.807) is 6.07 Å². The van der Waals surface area contributed by atoms with Crippen LogP contribution in [0.1, 0.15) is 85.4 Å². The number of nitrogens with two attached hydrogens (primary N) is 1. The highest BCUT2D eigenvalue weighted by Crippen LogP contribution is 2.38. The van der Waals surface area contributed by atoms with Gasteiger partial charge < -0.3 is 14.9 Å². The predicted octanol–water partition coefficient (Wildman–Crippen LogP) is 5.74. The molecule has 4 N–H and O–H groups in total. The van der Waals surface area contributed by atoms with Gasteiger partial charge in [-0.1, -0.05) is 50.5 Å². The van der Waals surface area contributed by atoms with Crippen molar-refractivity contribution >= 4 is 41.7 Å². The van der Waals surface area contributed by atoms with E-state index < -0.39 is 0 Å². The summed E-state index contributed by atoms with van der Waals surface area (Å²) in [6, 6.07) is 5.50. The van der Waals surface area contributed by atoms with Crippen LogP contribution in [0.4, 0.5) is 5.69 Å². The van der Waals surface area contributed by atoms with Crippen LogP contribution >= 0.6 is 24.4 Å². The number of hydrogen-bond donors (Lipinski definition) is 4. The molecule has 0 unspecified atom stereocenters. The molecule has 2 aromatic rings. The van der Waals surface area contributed by atoms with Gasteiger partial charge in [0.1, 0.15) is 5.76 Å². The first-order chi connectivity index (χ1) is 13.8. The number of amides is 1. The van der Waals surface area contributed by atoms with Crippen molar-refractivity contribution in [1.29, 1.82) is 0 Å². The molecule has 158 valence electrons. The van der Waals surface area contributed by atoms with Crippen LogP contribution < -0.4 is 10.5 Å². The lowest BCUT2D eigenvalue weighted by Gasteiger charge is -2.21. The zero-order valence-corrected chi connectivity index (χ0v) is 18.8. The Kier molecular flexibility index (Phi) is 8.19. The summed E-state index contributed by atoms with van der Waals surface area (Å²) in [7, 11) is 0. The standard InChI is InChI=1S/C21H25ClN2O3.H3NS/c1-11(2)13-8-9-15(22)19(12(3)4)20(13)23-21(25)18-10-14-16(24-26)6-5-7-17(14)27-18;1-2/h8-12,26H,5-7H2,1-4H3,(H,23,25);2H,1H2/b24-16-;. The quantitative estimate of drug-likeness (QED) is 0.278. The fourth-order valence-corrected chi connectivity index (χ4v) is 3.97. The Morgan fingerprint density at radius 1 is 1.24 bits per heavy atom. The zero-order valence-electron chi connectivity index (χ0n) is 17.1. The number of fused-ring (bicyclic) bond motifs is 1. The minimum Gasteiger partial charge on any atom is -0.455 e. The molecule has 0 bridgehead atoms. The minimum atomic E-state index is -0.326. The summed E-state index contributed by atoms with van der Waals surface area (Å²) in [6.45, 7) is 8.27. The molecular weight excluding hydrogens is 410 g/mol. The second-order valence-electron chi connectivity index (χ2n) is 7.54. The average Bonchev–Trinajstić information content (AvgIpc) is 3.13. The van der Waals surface area contributed by atoms with Gasteiger partial charge in [0.2, 0.25) is 0 Å². The summed E-state index contributed by atoms with van der Waals surface area (Å²) >= 11 is 9.46. The van der Waals surface area contributed by atoms with E-state index >= 15 is 0 Å². The van der Waals surface area contributed by atoms with Gasteiger partial charge in [-0.15, -0.1) is 12.8 Å². The third-order valence-corrected chi connectivity index (χ3v) is 5.27. The zero-order chi connectivity index (χ0) is 21.7. The van der Waals surface area contributed by atoms with Crippen LogP contribution in [0, 0.1) is 0 Å². The van der Waals surface area contributed by atoms with Crippen molar-refractivity contribution in [1.82, 2.24) is 0 Å². The van der Waals surface area contributed by atoms with E-state index in [-0.39, 0.29) is 23.5 Å². The third kappa shape index (κ3) is 4.97. The highest BCUT2D eigenvalue weighted by molar-refractivity contribution is 7.77. The number of nitrogens with one attached hydrogen (secondary N) is 1. The molecule has 1 aliphatic carbocycles. The maximum atomic E-state index is 12.9. The van der Waals surface area contributed by atoms with Gasteiger partial charge in [-0.25, -0.2) is 0 Å². The molecule has 3 rings (SSSR count). The number of hydrogen-bond acceptors (Lipinski definition) is 6. The normalized spacial score (nSPS) is 14.6. The number of furan rings is 1.